The number of carbonyl (C=O) groups excluding carboxylic acids is 2. The van der Waals surface area contributed by atoms with Crippen LogP contribution in [0.3, 0.4) is 0 Å². The Labute approximate surface area is 268 Å². The summed E-state index contributed by atoms with van der Waals surface area (Å²) in [5.74, 6) is -1.09. The van der Waals surface area contributed by atoms with E-state index in [1.165, 1.54) is 16.8 Å². The second-order valence-corrected chi connectivity index (χ2v) is 13.0. The predicted octanol–water partition coefficient (Wildman–Crippen LogP) is 5.39. The number of primary amides is 1. The van der Waals surface area contributed by atoms with Crippen molar-refractivity contribution in [2.45, 2.75) is 38.1 Å². The number of piperidine rings is 1. The maximum atomic E-state index is 15.9. The average molecular weight is 635 g/mol. The Morgan fingerprint density at radius 3 is 2.72 bits per heavy atom. The number of fused-ring (bicyclic) bond motifs is 2. The van der Waals surface area contributed by atoms with E-state index in [0.29, 0.717) is 29.2 Å². The zero-order valence-corrected chi connectivity index (χ0v) is 26.1. The molecule has 46 heavy (non-hydrogen) atoms. The molecule has 0 aliphatic carbocycles. The van der Waals surface area contributed by atoms with Gasteiger partial charge in [-0.3, -0.25) is 14.5 Å². The average Bonchev–Trinajstić information content (AvgIpc) is 3.71. The first-order valence-electron chi connectivity index (χ1n) is 15.0. The molecule has 0 bridgehead atoms. The fourth-order valence-corrected chi connectivity index (χ4v) is 6.90. The van der Waals surface area contributed by atoms with Crippen molar-refractivity contribution in [1.82, 2.24) is 30.3 Å². The first-order valence-corrected chi connectivity index (χ1v) is 15.8. The third kappa shape index (κ3) is 5.19. The van der Waals surface area contributed by atoms with Crippen LogP contribution in [0.25, 0.3) is 37.4 Å². The molecule has 232 valence electrons. The summed E-state index contributed by atoms with van der Waals surface area (Å²) in [5, 5.41) is 12.4. The summed E-state index contributed by atoms with van der Waals surface area (Å²) in [4.78, 5) is 38.1. The summed E-state index contributed by atoms with van der Waals surface area (Å²) >= 11 is 1.56. The summed E-state index contributed by atoms with van der Waals surface area (Å²) in [6.07, 6.45) is 4.92. The molecular formula is C34H31FN8O2S. The Hall–Kier alpha value is -5.07. The first-order chi connectivity index (χ1) is 22.2. The van der Waals surface area contributed by atoms with Crippen molar-refractivity contribution in [1.29, 1.82) is 0 Å². The van der Waals surface area contributed by atoms with Gasteiger partial charge >= 0.3 is 0 Å². The molecule has 7 rings (SSSR count). The van der Waals surface area contributed by atoms with Gasteiger partial charge in [-0.15, -0.1) is 16.4 Å². The normalized spacial score (nSPS) is 15.3. The third-order valence-electron chi connectivity index (χ3n) is 8.63. The van der Waals surface area contributed by atoms with Gasteiger partial charge in [0.2, 0.25) is 5.91 Å². The van der Waals surface area contributed by atoms with Crippen molar-refractivity contribution in [3.8, 4) is 16.1 Å². The number of benzene rings is 2. The lowest BCUT2D eigenvalue weighted by Crippen LogP contribution is -2.49. The van der Waals surface area contributed by atoms with Gasteiger partial charge in [0.05, 0.1) is 22.7 Å². The van der Waals surface area contributed by atoms with Gasteiger partial charge in [0, 0.05) is 40.0 Å². The molecule has 0 radical (unpaired) electrons. The Balaban J connectivity index is 1.29. The molecule has 6 aromatic rings. The molecule has 2 amide bonds. The molecule has 1 aliphatic rings. The number of amides is 2. The molecule has 3 N–H and O–H groups in total. The Bertz CT molecular complexity index is 2120. The number of pyridine rings is 2. The lowest BCUT2D eigenvalue weighted by Gasteiger charge is -2.34. The number of carbonyl (C=O) groups is 2. The van der Waals surface area contributed by atoms with E-state index in [-0.39, 0.29) is 11.6 Å². The lowest BCUT2D eigenvalue weighted by molar-refractivity contribution is -0.122. The highest BCUT2D eigenvalue weighted by Crippen LogP contribution is 2.40. The van der Waals surface area contributed by atoms with Crippen molar-refractivity contribution in [2.75, 3.05) is 18.0 Å². The minimum atomic E-state index is -0.840. The summed E-state index contributed by atoms with van der Waals surface area (Å²) in [6.45, 7) is 5.01. The van der Waals surface area contributed by atoms with Gasteiger partial charge in [-0.2, -0.15) is 4.68 Å². The lowest BCUT2D eigenvalue weighted by atomic mass is 9.83. The van der Waals surface area contributed by atoms with Crippen molar-refractivity contribution >= 4 is 50.2 Å². The molecule has 5 heterocycles. The quantitative estimate of drug-likeness (QED) is 0.241. The molecule has 12 heteroatoms. The zero-order valence-electron chi connectivity index (χ0n) is 25.3. The SMILES string of the molecule is CC(C)(C(N)=O)c1cccc(-c2cc3c(N(C(=O)c4ccc(-n5nnc6cccnc65)cc4F)[C@@H]4CCCNC4)nccc3s2)c1. The van der Waals surface area contributed by atoms with E-state index in [1.807, 2.05) is 36.4 Å². The number of anilines is 1. The smallest absolute Gasteiger partial charge is 0.262 e. The molecule has 0 saturated carbocycles. The molecular weight excluding hydrogens is 603 g/mol. The van der Waals surface area contributed by atoms with Crippen LogP contribution in [0.15, 0.2) is 79.1 Å². The molecule has 1 saturated heterocycles. The molecule has 2 aromatic carbocycles. The number of hydrogen-bond acceptors (Lipinski definition) is 8. The molecule has 1 aliphatic heterocycles. The number of aromatic nitrogens is 5. The topological polar surface area (TPSA) is 132 Å². The number of nitrogens with one attached hydrogen (secondary N) is 1. The Kier molecular flexibility index (Phi) is 7.53. The van der Waals surface area contributed by atoms with Crippen LogP contribution in [0.2, 0.25) is 0 Å². The van der Waals surface area contributed by atoms with Crippen molar-refractivity contribution in [3.05, 3.63) is 96.1 Å². The van der Waals surface area contributed by atoms with Crippen LogP contribution < -0.4 is 16.0 Å². The summed E-state index contributed by atoms with van der Waals surface area (Å²) in [6, 6.07) is 19.4. The fourth-order valence-electron chi connectivity index (χ4n) is 5.85. The monoisotopic (exact) mass is 634 g/mol. The van der Waals surface area contributed by atoms with E-state index < -0.39 is 23.0 Å². The summed E-state index contributed by atoms with van der Waals surface area (Å²) in [5.41, 5.74) is 8.00. The molecule has 4 aromatic heterocycles. The van der Waals surface area contributed by atoms with Gasteiger partial charge in [-0.05, 0) is 86.8 Å². The van der Waals surface area contributed by atoms with Crippen LogP contribution in [0.1, 0.15) is 42.6 Å². The molecule has 1 atom stereocenters. The highest BCUT2D eigenvalue weighted by molar-refractivity contribution is 7.22. The van der Waals surface area contributed by atoms with Gasteiger partial charge in [-0.25, -0.2) is 14.4 Å². The van der Waals surface area contributed by atoms with Gasteiger partial charge in [0.15, 0.2) is 5.65 Å². The number of rotatable bonds is 7. The van der Waals surface area contributed by atoms with E-state index >= 15 is 4.39 Å². The zero-order chi connectivity index (χ0) is 32.0. The Morgan fingerprint density at radius 2 is 1.93 bits per heavy atom. The summed E-state index contributed by atoms with van der Waals surface area (Å²) < 4.78 is 18.3. The summed E-state index contributed by atoms with van der Waals surface area (Å²) in [7, 11) is 0. The first kappa shape index (κ1) is 29.6. The number of nitrogens with two attached hydrogens (primary N) is 1. The molecule has 1 fully saturated rings. The number of nitrogens with zero attached hydrogens (tertiary/aromatic N) is 6. The molecule has 10 nitrogen and oxygen atoms in total. The Morgan fingerprint density at radius 1 is 1.07 bits per heavy atom. The molecule has 0 spiro atoms. The second kappa shape index (κ2) is 11.7. The van der Waals surface area contributed by atoms with Crippen LogP contribution in [0.4, 0.5) is 10.2 Å². The second-order valence-electron chi connectivity index (χ2n) is 11.9. The standard InChI is InChI=1S/C34H31FN8O2S/c1-34(2,33(36)45)21-7-3-6-20(16-21)29-18-25-28(46-29)12-15-39-30(25)42(23-8-4-13-37-19-23)32(44)24-11-10-22(17-26(24)35)43-31-27(40-41-43)9-5-14-38-31/h3,5-7,9-12,14-18,23,37H,4,8,13,19H2,1-2H3,(H2,36,45)/t23-/m1/s1. The number of hydrogen-bond donors (Lipinski definition) is 2. The highest BCUT2D eigenvalue weighted by atomic mass is 32.1. The highest BCUT2D eigenvalue weighted by Gasteiger charge is 2.32. The van der Waals surface area contributed by atoms with Gasteiger partial charge in [0.1, 0.15) is 17.2 Å². The number of thiophene rings is 1. The number of halogens is 1. The van der Waals surface area contributed by atoms with Crippen molar-refractivity contribution < 1.29 is 14.0 Å². The van der Waals surface area contributed by atoms with Gasteiger partial charge < -0.3 is 11.1 Å². The van der Waals surface area contributed by atoms with Crippen LogP contribution >= 0.6 is 11.3 Å². The van der Waals surface area contributed by atoms with Crippen LogP contribution in [0.5, 0.6) is 0 Å². The van der Waals surface area contributed by atoms with E-state index in [2.05, 4.69) is 20.6 Å². The fraction of sp³-hybridized carbons (Fsp3) is 0.235. The van der Waals surface area contributed by atoms with Crippen LogP contribution in [-0.2, 0) is 10.2 Å². The third-order valence-corrected chi connectivity index (χ3v) is 9.78. The molecule has 0 unspecified atom stereocenters. The largest absolute Gasteiger partial charge is 0.369 e. The minimum absolute atomic E-state index is 0.0673. The van der Waals surface area contributed by atoms with Gasteiger partial charge in [0.25, 0.3) is 5.91 Å². The maximum absolute atomic E-state index is 15.9. The van der Waals surface area contributed by atoms with Crippen molar-refractivity contribution in [2.24, 2.45) is 5.73 Å². The van der Waals surface area contributed by atoms with E-state index in [1.54, 1.807) is 60.7 Å². The maximum Gasteiger partial charge on any atom is 0.262 e. The van der Waals surface area contributed by atoms with Gasteiger partial charge in [-0.1, -0.05) is 23.4 Å². The van der Waals surface area contributed by atoms with Crippen LogP contribution in [0, 0.1) is 5.82 Å². The van der Waals surface area contributed by atoms with Crippen molar-refractivity contribution in [3.63, 3.8) is 0 Å². The van der Waals surface area contributed by atoms with E-state index in [4.69, 9.17) is 10.7 Å². The minimum Gasteiger partial charge on any atom is -0.369 e. The predicted molar refractivity (Wildman–Crippen MR) is 177 cm³/mol. The van der Waals surface area contributed by atoms with Crippen LogP contribution in [-0.4, -0.2) is 55.9 Å². The van der Waals surface area contributed by atoms with E-state index in [9.17, 15) is 9.59 Å². The van der Waals surface area contributed by atoms with E-state index in [0.717, 1.165) is 45.5 Å².